The van der Waals surface area contributed by atoms with E-state index in [2.05, 4.69) is 4.98 Å². The molecule has 1 heterocycles. The minimum Gasteiger partial charge on any atom is -0.289 e. The first-order valence-electron chi connectivity index (χ1n) is 6.85. The maximum Gasteiger partial charge on any atom is 0.348 e. The Kier molecular flexibility index (Phi) is 3.52. The van der Waals surface area contributed by atoms with E-state index in [0.29, 0.717) is 10.5 Å². The third kappa shape index (κ3) is 2.45. The van der Waals surface area contributed by atoms with E-state index >= 15 is 0 Å². The molecule has 0 radical (unpaired) electrons. The highest BCUT2D eigenvalue weighted by molar-refractivity contribution is 6.31. The summed E-state index contributed by atoms with van der Waals surface area (Å²) in [6.45, 7) is 3.96. The maximum absolute atomic E-state index is 12.4. The van der Waals surface area contributed by atoms with Gasteiger partial charge in [0, 0.05) is 16.5 Å². The van der Waals surface area contributed by atoms with E-state index in [0.717, 1.165) is 16.6 Å². The summed E-state index contributed by atoms with van der Waals surface area (Å²) < 4.78 is 1.72. The summed E-state index contributed by atoms with van der Waals surface area (Å²) in [5, 5.41) is 1.53. The zero-order chi connectivity index (χ0) is 15.0. The number of fused-ring (bicyclic) bond motifs is 1. The molecule has 0 amide bonds. The van der Waals surface area contributed by atoms with E-state index in [9.17, 15) is 4.79 Å². The molecule has 0 spiro atoms. The first-order chi connectivity index (χ1) is 10.1. The lowest BCUT2D eigenvalue weighted by Crippen LogP contribution is -2.26. The fourth-order valence-corrected chi connectivity index (χ4v) is 2.72. The summed E-state index contributed by atoms with van der Waals surface area (Å²) in [5.74, 6) is 0. The van der Waals surface area contributed by atoms with Crippen LogP contribution in [-0.2, 0) is 0 Å². The van der Waals surface area contributed by atoms with Crippen LogP contribution in [0.25, 0.3) is 22.2 Å². The molecule has 0 aliphatic rings. The molecular formula is C17H15ClN2O. The number of aromatic nitrogens is 2. The largest absolute Gasteiger partial charge is 0.348 e. The van der Waals surface area contributed by atoms with Crippen molar-refractivity contribution in [3.63, 3.8) is 0 Å². The van der Waals surface area contributed by atoms with E-state index in [1.54, 1.807) is 16.7 Å². The van der Waals surface area contributed by atoms with Crippen LogP contribution in [0.3, 0.4) is 0 Å². The summed E-state index contributed by atoms with van der Waals surface area (Å²) in [4.78, 5) is 16.5. The van der Waals surface area contributed by atoms with Gasteiger partial charge in [0.25, 0.3) is 0 Å². The monoisotopic (exact) mass is 298 g/mol. The second-order valence-corrected chi connectivity index (χ2v) is 5.67. The van der Waals surface area contributed by atoms with Crippen LogP contribution in [0.5, 0.6) is 0 Å². The molecule has 1 aromatic heterocycles. The van der Waals surface area contributed by atoms with Crippen molar-refractivity contribution in [2.75, 3.05) is 0 Å². The average molecular weight is 299 g/mol. The number of rotatable bonds is 2. The van der Waals surface area contributed by atoms with Gasteiger partial charge in [-0.3, -0.25) is 4.57 Å². The fourth-order valence-electron chi connectivity index (χ4n) is 2.55. The lowest BCUT2D eigenvalue weighted by atomic mass is 10.1. The molecule has 0 N–H and O–H groups in total. The van der Waals surface area contributed by atoms with Crippen molar-refractivity contribution < 1.29 is 0 Å². The highest BCUT2D eigenvalue weighted by Gasteiger charge is 2.15. The van der Waals surface area contributed by atoms with Crippen LogP contribution >= 0.6 is 11.6 Å². The molecule has 21 heavy (non-hydrogen) atoms. The number of halogens is 1. The molecule has 2 aromatic carbocycles. The molecular weight excluding hydrogens is 284 g/mol. The van der Waals surface area contributed by atoms with Crippen molar-refractivity contribution in [1.29, 1.82) is 0 Å². The van der Waals surface area contributed by atoms with E-state index in [1.807, 2.05) is 50.2 Å². The molecule has 0 saturated carbocycles. The zero-order valence-corrected chi connectivity index (χ0v) is 12.6. The summed E-state index contributed by atoms with van der Waals surface area (Å²) in [6.07, 6.45) is 0. The SMILES string of the molecule is CC(C)n1c(-c2ccccc2)c2cc(Cl)ccc2nc1=O. The Morgan fingerprint density at radius 1 is 1.10 bits per heavy atom. The van der Waals surface area contributed by atoms with Crippen LogP contribution < -0.4 is 5.69 Å². The van der Waals surface area contributed by atoms with Gasteiger partial charge in [-0.05, 0) is 37.6 Å². The summed E-state index contributed by atoms with van der Waals surface area (Å²) >= 11 is 6.13. The fraction of sp³-hybridized carbons (Fsp3) is 0.176. The molecule has 3 rings (SSSR count). The third-order valence-corrected chi connectivity index (χ3v) is 3.68. The van der Waals surface area contributed by atoms with Gasteiger partial charge in [-0.25, -0.2) is 4.79 Å². The molecule has 4 heteroatoms. The van der Waals surface area contributed by atoms with Gasteiger partial charge in [0.1, 0.15) is 0 Å². The molecule has 0 atom stereocenters. The maximum atomic E-state index is 12.4. The standard InChI is InChI=1S/C17H15ClN2O/c1-11(2)20-16(12-6-4-3-5-7-12)14-10-13(18)8-9-15(14)19-17(20)21/h3-11H,1-2H3. The second-order valence-electron chi connectivity index (χ2n) is 5.23. The Labute approximate surface area is 127 Å². The zero-order valence-electron chi connectivity index (χ0n) is 11.9. The number of hydrogen-bond donors (Lipinski definition) is 0. The van der Waals surface area contributed by atoms with Crippen LogP contribution in [0.15, 0.2) is 53.3 Å². The average Bonchev–Trinajstić information content (AvgIpc) is 2.47. The highest BCUT2D eigenvalue weighted by Crippen LogP contribution is 2.29. The molecule has 0 aliphatic carbocycles. The number of benzene rings is 2. The van der Waals surface area contributed by atoms with Crippen LogP contribution in [0.4, 0.5) is 0 Å². The van der Waals surface area contributed by atoms with Crippen molar-refractivity contribution in [3.8, 4) is 11.3 Å². The molecule has 3 nitrogen and oxygen atoms in total. The minimum atomic E-state index is -0.237. The predicted molar refractivity (Wildman–Crippen MR) is 86.8 cm³/mol. The topological polar surface area (TPSA) is 34.9 Å². The van der Waals surface area contributed by atoms with Gasteiger partial charge in [-0.2, -0.15) is 4.98 Å². The lowest BCUT2D eigenvalue weighted by molar-refractivity contribution is 0.575. The van der Waals surface area contributed by atoms with Gasteiger partial charge >= 0.3 is 5.69 Å². The number of nitrogens with zero attached hydrogens (tertiary/aromatic N) is 2. The van der Waals surface area contributed by atoms with E-state index < -0.39 is 0 Å². The van der Waals surface area contributed by atoms with E-state index in [4.69, 9.17) is 11.6 Å². The second kappa shape index (κ2) is 5.34. The summed E-state index contributed by atoms with van der Waals surface area (Å²) in [5.41, 5.74) is 2.28. The summed E-state index contributed by atoms with van der Waals surface area (Å²) in [6, 6.07) is 15.3. The minimum absolute atomic E-state index is 0.0172. The van der Waals surface area contributed by atoms with Gasteiger partial charge in [-0.15, -0.1) is 0 Å². The van der Waals surface area contributed by atoms with Crippen LogP contribution in [-0.4, -0.2) is 9.55 Å². The van der Waals surface area contributed by atoms with Gasteiger partial charge in [0.15, 0.2) is 0 Å². The van der Waals surface area contributed by atoms with Crippen LogP contribution in [0, 0.1) is 0 Å². The lowest BCUT2D eigenvalue weighted by Gasteiger charge is -2.18. The third-order valence-electron chi connectivity index (χ3n) is 3.44. The Morgan fingerprint density at radius 3 is 2.48 bits per heavy atom. The first-order valence-corrected chi connectivity index (χ1v) is 7.23. The molecule has 3 aromatic rings. The Morgan fingerprint density at radius 2 is 1.81 bits per heavy atom. The normalized spacial score (nSPS) is 11.2. The predicted octanol–water partition coefficient (Wildman–Crippen LogP) is 4.30. The molecule has 0 aliphatic heterocycles. The molecule has 106 valence electrons. The van der Waals surface area contributed by atoms with Gasteiger partial charge in [-0.1, -0.05) is 41.9 Å². The number of hydrogen-bond acceptors (Lipinski definition) is 2. The quantitative estimate of drug-likeness (QED) is 0.707. The smallest absolute Gasteiger partial charge is 0.289 e. The highest BCUT2D eigenvalue weighted by atomic mass is 35.5. The first kappa shape index (κ1) is 13.8. The van der Waals surface area contributed by atoms with Crippen molar-refractivity contribution in [2.45, 2.75) is 19.9 Å². The Bertz CT molecular complexity index is 854. The Balaban J connectivity index is 2.50. The molecule has 0 bridgehead atoms. The van der Waals surface area contributed by atoms with Gasteiger partial charge < -0.3 is 0 Å². The van der Waals surface area contributed by atoms with Gasteiger partial charge in [0.05, 0.1) is 11.2 Å². The van der Waals surface area contributed by atoms with Crippen LogP contribution in [0.2, 0.25) is 5.02 Å². The van der Waals surface area contributed by atoms with Gasteiger partial charge in [0.2, 0.25) is 0 Å². The molecule has 0 fully saturated rings. The van der Waals surface area contributed by atoms with Crippen molar-refractivity contribution in [3.05, 3.63) is 64.0 Å². The van der Waals surface area contributed by atoms with E-state index in [-0.39, 0.29) is 11.7 Å². The van der Waals surface area contributed by atoms with Crippen LogP contribution in [0.1, 0.15) is 19.9 Å². The van der Waals surface area contributed by atoms with Crippen molar-refractivity contribution in [1.82, 2.24) is 9.55 Å². The van der Waals surface area contributed by atoms with Crippen molar-refractivity contribution >= 4 is 22.5 Å². The molecule has 0 unspecified atom stereocenters. The summed E-state index contributed by atoms with van der Waals surface area (Å²) in [7, 11) is 0. The van der Waals surface area contributed by atoms with E-state index in [1.165, 1.54) is 0 Å². The molecule has 0 saturated heterocycles. The Hall–Kier alpha value is -2.13. The van der Waals surface area contributed by atoms with Crippen molar-refractivity contribution in [2.24, 2.45) is 0 Å².